The average Bonchev–Trinajstić information content (AvgIpc) is 2.41. The summed E-state index contributed by atoms with van der Waals surface area (Å²) in [5.74, 6) is -0.0979. The fourth-order valence-electron chi connectivity index (χ4n) is 2.18. The van der Waals surface area contributed by atoms with Gasteiger partial charge in [0.05, 0.1) is 0 Å². The van der Waals surface area contributed by atoms with Crippen molar-refractivity contribution in [3.63, 3.8) is 0 Å². The number of hydrogen-bond donors (Lipinski definition) is 2. The molecule has 0 aliphatic rings. The fourth-order valence-corrected chi connectivity index (χ4v) is 2.18. The van der Waals surface area contributed by atoms with Crippen molar-refractivity contribution in [2.75, 3.05) is 5.32 Å². The Morgan fingerprint density at radius 3 is 2.55 bits per heavy atom. The van der Waals surface area contributed by atoms with Gasteiger partial charge in [0.1, 0.15) is 0 Å². The molecule has 3 N–H and O–H groups in total. The Morgan fingerprint density at radius 2 is 1.85 bits per heavy atom. The minimum Gasteiger partial charge on any atom is -0.324 e. The Labute approximate surface area is 119 Å². The maximum Gasteiger partial charge on any atom is 0.255 e. The SMILES string of the molecule is Cc1ccc(C)c(C(=O)Nc2ccccc2C(C)N)c1. The van der Waals surface area contributed by atoms with Gasteiger partial charge in [0, 0.05) is 17.3 Å². The summed E-state index contributed by atoms with van der Waals surface area (Å²) in [6.07, 6.45) is 0. The summed E-state index contributed by atoms with van der Waals surface area (Å²) in [6.45, 7) is 5.82. The lowest BCUT2D eigenvalue weighted by atomic mass is 10.0. The van der Waals surface area contributed by atoms with E-state index in [2.05, 4.69) is 5.32 Å². The first-order valence-corrected chi connectivity index (χ1v) is 6.72. The molecule has 0 fully saturated rings. The first-order valence-electron chi connectivity index (χ1n) is 6.72. The van der Waals surface area contributed by atoms with Crippen molar-refractivity contribution >= 4 is 11.6 Å². The molecule has 0 bridgehead atoms. The van der Waals surface area contributed by atoms with Crippen LogP contribution < -0.4 is 11.1 Å². The standard InChI is InChI=1S/C17H20N2O/c1-11-8-9-12(2)15(10-11)17(20)19-16-7-5-4-6-14(16)13(3)18/h4-10,13H,18H2,1-3H3,(H,19,20). The molecule has 0 aromatic heterocycles. The van der Waals surface area contributed by atoms with Gasteiger partial charge in [-0.15, -0.1) is 0 Å². The first kappa shape index (κ1) is 14.3. The third-order valence-electron chi connectivity index (χ3n) is 3.34. The summed E-state index contributed by atoms with van der Waals surface area (Å²) in [7, 11) is 0. The van der Waals surface area contributed by atoms with Crippen LogP contribution in [-0.4, -0.2) is 5.91 Å². The number of amides is 1. The number of anilines is 1. The molecule has 3 heteroatoms. The third-order valence-corrected chi connectivity index (χ3v) is 3.34. The molecule has 3 nitrogen and oxygen atoms in total. The number of rotatable bonds is 3. The third kappa shape index (κ3) is 3.06. The molecule has 0 spiro atoms. The highest BCUT2D eigenvalue weighted by atomic mass is 16.1. The molecule has 0 saturated heterocycles. The number of benzene rings is 2. The van der Waals surface area contributed by atoms with Crippen LogP contribution in [0.5, 0.6) is 0 Å². The van der Waals surface area contributed by atoms with Gasteiger partial charge in [0.25, 0.3) is 5.91 Å². The molecule has 1 unspecified atom stereocenters. The second-order valence-electron chi connectivity index (χ2n) is 5.15. The minimum absolute atomic E-state index is 0.0979. The number of aryl methyl sites for hydroxylation is 2. The van der Waals surface area contributed by atoms with Crippen LogP contribution in [0.1, 0.15) is 40.0 Å². The van der Waals surface area contributed by atoms with Gasteiger partial charge < -0.3 is 11.1 Å². The Morgan fingerprint density at radius 1 is 1.15 bits per heavy atom. The van der Waals surface area contributed by atoms with Gasteiger partial charge in [-0.2, -0.15) is 0 Å². The highest BCUT2D eigenvalue weighted by Gasteiger charge is 2.12. The van der Waals surface area contributed by atoms with Crippen molar-refractivity contribution in [2.45, 2.75) is 26.8 Å². The van der Waals surface area contributed by atoms with Crippen molar-refractivity contribution in [2.24, 2.45) is 5.73 Å². The second-order valence-corrected chi connectivity index (χ2v) is 5.15. The summed E-state index contributed by atoms with van der Waals surface area (Å²) in [5.41, 5.74) is 10.4. The fraction of sp³-hybridized carbons (Fsp3) is 0.235. The maximum atomic E-state index is 12.4. The number of para-hydroxylation sites is 1. The van der Waals surface area contributed by atoms with E-state index in [9.17, 15) is 4.79 Å². The lowest BCUT2D eigenvalue weighted by Gasteiger charge is -2.14. The molecule has 104 valence electrons. The van der Waals surface area contributed by atoms with Gasteiger partial charge in [0.15, 0.2) is 0 Å². The van der Waals surface area contributed by atoms with E-state index in [1.165, 1.54) is 0 Å². The summed E-state index contributed by atoms with van der Waals surface area (Å²) in [5, 5.41) is 2.96. The van der Waals surface area contributed by atoms with Crippen molar-refractivity contribution in [3.8, 4) is 0 Å². The molecule has 0 aliphatic carbocycles. The van der Waals surface area contributed by atoms with Gasteiger partial charge in [-0.05, 0) is 44.0 Å². The normalized spacial score (nSPS) is 12.0. The van der Waals surface area contributed by atoms with Crippen LogP contribution in [0.3, 0.4) is 0 Å². The largest absolute Gasteiger partial charge is 0.324 e. The molecule has 2 aromatic carbocycles. The molecular formula is C17H20N2O. The molecule has 0 radical (unpaired) electrons. The monoisotopic (exact) mass is 268 g/mol. The minimum atomic E-state index is -0.120. The van der Waals surface area contributed by atoms with E-state index >= 15 is 0 Å². The number of carbonyl (C=O) groups is 1. The molecule has 0 heterocycles. The smallest absolute Gasteiger partial charge is 0.255 e. The number of nitrogens with one attached hydrogen (secondary N) is 1. The van der Waals surface area contributed by atoms with Gasteiger partial charge in [-0.3, -0.25) is 4.79 Å². The zero-order chi connectivity index (χ0) is 14.7. The highest BCUT2D eigenvalue weighted by Crippen LogP contribution is 2.22. The summed E-state index contributed by atoms with van der Waals surface area (Å²) in [6, 6.07) is 13.4. The lowest BCUT2D eigenvalue weighted by Crippen LogP contribution is -2.17. The molecule has 1 atom stereocenters. The van der Waals surface area contributed by atoms with Gasteiger partial charge in [-0.25, -0.2) is 0 Å². The molecule has 0 saturated carbocycles. The Balaban J connectivity index is 2.31. The van der Waals surface area contributed by atoms with E-state index in [4.69, 9.17) is 5.73 Å². The second kappa shape index (κ2) is 5.88. The topological polar surface area (TPSA) is 55.1 Å². The van der Waals surface area contributed by atoms with Gasteiger partial charge in [0.2, 0.25) is 0 Å². The lowest BCUT2D eigenvalue weighted by molar-refractivity contribution is 0.102. The van der Waals surface area contributed by atoms with E-state index in [-0.39, 0.29) is 11.9 Å². The average molecular weight is 268 g/mol. The Bertz CT molecular complexity index is 633. The van der Waals surface area contributed by atoms with Crippen LogP contribution >= 0.6 is 0 Å². The van der Waals surface area contributed by atoms with Gasteiger partial charge in [-0.1, -0.05) is 35.9 Å². The van der Waals surface area contributed by atoms with E-state index in [0.717, 1.165) is 22.4 Å². The van der Waals surface area contributed by atoms with Crippen LogP contribution in [0.2, 0.25) is 0 Å². The summed E-state index contributed by atoms with van der Waals surface area (Å²) >= 11 is 0. The Hall–Kier alpha value is -2.13. The quantitative estimate of drug-likeness (QED) is 0.894. The van der Waals surface area contributed by atoms with Crippen LogP contribution in [0.4, 0.5) is 5.69 Å². The van der Waals surface area contributed by atoms with E-state index in [1.807, 2.05) is 63.2 Å². The van der Waals surface area contributed by atoms with E-state index in [0.29, 0.717) is 5.56 Å². The first-order chi connectivity index (χ1) is 9.49. The molecule has 2 aromatic rings. The van der Waals surface area contributed by atoms with Gasteiger partial charge >= 0.3 is 0 Å². The van der Waals surface area contributed by atoms with Crippen molar-refractivity contribution in [3.05, 3.63) is 64.7 Å². The summed E-state index contributed by atoms with van der Waals surface area (Å²) < 4.78 is 0. The molecular weight excluding hydrogens is 248 g/mol. The zero-order valence-corrected chi connectivity index (χ0v) is 12.1. The zero-order valence-electron chi connectivity index (χ0n) is 12.1. The predicted molar refractivity (Wildman–Crippen MR) is 82.9 cm³/mol. The van der Waals surface area contributed by atoms with Crippen LogP contribution in [0, 0.1) is 13.8 Å². The predicted octanol–water partition coefficient (Wildman–Crippen LogP) is 3.58. The Kier molecular flexibility index (Phi) is 4.20. The summed E-state index contributed by atoms with van der Waals surface area (Å²) in [4.78, 5) is 12.4. The van der Waals surface area contributed by atoms with Crippen molar-refractivity contribution in [1.82, 2.24) is 0 Å². The molecule has 1 amide bonds. The maximum absolute atomic E-state index is 12.4. The van der Waals surface area contributed by atoms with Crippen molar-refractivity contribution < 1.29 is 4.79 Å². The van der Waals surface area contributed by atoms with E-state index in [1.54, 1.807) is 0 Å². The number of hydrogen-bond acceptors (Lipinski definition) is 2. The molecule has 20 heavy (non-hydrogen) atoms. The van der Waals surface area contributed by atoms with Crippen LogP contribution in [0.15, 0.2) is 42.5 Å². The van der Waals surface area contributed by atoms with Crippen LogP contribution in [-0.2, 0) is 0 Å². The molecule has 0 aliphatic heterocycles. The molecule has 2 rings (SSSR count). The van der Waals surface area contributed by atoms with Crippen LogP contribution in [0.25, 0.3) is 0 Å². The highest BCUT2D eigenvalue weighted by molar-refractivity contribution is 6.05. The van der Waals surface area contributed by atoms with Crippen molar-refractivity contribution in [1.29, 1.82) is 0 Å². The van der Waals surface area contributed by atoms with E-state index < -0.39 is 0 Å². The number of nitrogens with two attached hydrogens (primary N) is 1. The number of carbonyl (C=O) groups excluding carboxylic acids is 1.